The van der Waals surface area contributed by atoms with Crippen LogP contribution in [0.1, 0.15) is 41.0 Å². The summed E-state index contributed by atoms with van der Waals surface area (Å²) < 4.78 is 0. The lowest BCUT2D eigenvalue weighted by atomic mass is 9.91. The van der Waals surface area contributed by atoms with E-state index in [1.54, 1.807) is 9.80 Å². The molecular formula is C17H24N2O2. The molecule has 0 aromatic heterocycles. The van der Waals surface area contributed by atoms with Crippen LogP contribution < -0.4 is 9.80 Å². The van der Waals surface area contributed by atoms with Crippen LogP contribution in [-0.4, -0.2) is 24.4 Å². The first kappa shape index (κ1) is 15.5. The number of hydrogen-bond donors (Lipinski definition) is 0. The van der Waals surface area contributed by atoms with Crippen LogP contribution in [0.2, 0.25) is 0 Å². The molecule has 0 spiro atoms. The highest BCUT2D eigenvalue weighted by Crippen LogP contribution is 2.35. The number of nitrogens with zero attached hydrogens (tertiary/aromatic N) is 2. The van der Waals surface area contributed by atoms with E-state index in [0.29, 0.717) is 6.42 Å². The smallest absolute Gasteiger partial charge is 0.247 e. The Hall–Kier alpha value is -1.84. The minimum atomic E-state index is -0.0930. The van der Waals surface area contributed by atoms with Gasteiger partial charge in [0.2, 0.25) is 11.8 Å². The third-order valence-electron chi connectivity index (χ3n) is 3.49. The van der Waals surface area contributed by atoms with Gasteiger partial charge in [-0.1, -0.05) is 32.9 Å². The van der Waals surface area contributed by atoms with Crippen molar-refractivity contribution in [2.45, 2.75) is 47.1 Å². The predicted octanol–water partition coefficient (Wildman–Crippen LogP) is 3.21. The van der Waals surface area contributed by atoms with Crippen molar-refractivity contribution in [1.29, 1.82) is 0 Å². The van der Waals surface area contributed by atoms with Gasteiger partial charge < -0.3 is 9.80 Å². The Morgan fingerprint density at radius 3 is 2.29 bits per heavy atom. The highest BCUT2D eigenvalue weighted by atomic mass is 16.2. The molecule has 2 rings (SSSR count). The normalized spacial score (nSPS) is 15.4. The van der Waals surface area contributed by atoms with Crippen molar-refractivity contribution < 1.29 is 9.59 Å². The van der Waals surface area contributed by atoms with E-state index in [2.05, 4.69) is 0 Å². The molecule has 21 heavy (non-hydrogen) atoms. The third kappa shape index (κ3) is 3.26. The molecule has 1 aliphatic rings. The maximum absolute atomic E-state index is 12.6. The lowest BCUT2D eigenvalue weighted by Gasteiger charge is -2.39. The van der Waals surface area contributed by atoms with Crippen LogP contribution >= 0.6 is 0 Å². The number of amides is 2. The van der Waals surface area contributed by atoms with Crippen molar-refractivity contribution in [3.05, 3.63) is 24.3 Å². The average Bonchev–Trinajstić information content (AvgIpc) is 2.35. The number of carbonyl (C=O) groups is 2. The second-order valence-corrected chi connectivity index (χ2v) is 7.06. The average molecular weight is 288 g/mol. The van der Waals surface area contributed by atoms with E-state index < -0.39 is 0 Å². The van der Waals surface area contributed by atoms with Crippen molar-refractivity contribution >= 4 is 23.2 Å². The summed E-state index contributed by atoms with van der Waals surface area (Å²) >= 11 is 0. The predicted molar refractivity (Wildman–Crippen MR) is 85.5 cm³/mol. The van der Waals surface area contributed by atoms with Crippen LogP contribution in [0.4, 0.5) is 11.4 Å². The van der Waals surface area contributed by atoms with Gasteiger partial charge in [0.05, 0.1) is 11.4 Å². The van der Waals surface area contributed by atoms with Crippen LogP contribution in [0.15, 0.2) is 24.3 Å². The highest BCUT2D eigenvalue weighted by Gasteiger charge is 2.34. The summed E-state index contributed by atoms with van der Waals surface area (Å²) in [4.78, 5) is 28.4. The molecule has 4 heteroatoms. The van der Waals surface area contributed by atoms with Crippen LogP contribution in [0.5, 0.6) is 0 Å². The minimum Gasteiger partial charge on any atom is -0.306 e. The van der Waals surface area contributed by atoms with Gasteiger partial charge in [0.25, 0.3) is 0 Å². The number of carbonyl (C=O) groups excluding carboxylic acids is 2. The molecule has 0 saturated heterocycles. The van der Waals surface area contributed by atoms with Crippen molar-refractivity contribution in [3.63, 3.8) is 0 Å². The fourth-order valence-corrected chi connectivity index (χ4v) is 2.66. The first-order valence-electron chi connectivity index (χ1n) is 7.42. The second kappa shape index (κ2) is 5.51. The number of hydrogen-bond acceptors (Lipinski definition) is 2. The zero-order chi connectivity index (χ0) is 15.8. The number of fused-ring (bicyclic) bond motifs is 1. The van der Waals surface area contributed by atoms with E-state index in [1.807, 2.05) is 58.9 Å². The molecule has 0 N–H and O–H groups in total. The molecule has 4 nitrogen and oxygen atoms in total. The second-order valence-electron chi connectivity index (χ2n) is 7.06. The van der Waals surface area contributed by atoms with E-state index in [0.717, 1.165) is 11.4 Å². The van der Waals surface area contributed by atoms with Gasteiger partial charge >= 0.3 is 0 Å². The Morgan fingerprint density at radius 1 is 1.19 bits per heavy atom. The molecule has 0 fully saturated rings. The fraction of sp³-hybridized carbons (Fsp3) is 0.529. The Bertz CT molecular complexity index is 558. The van der Waals surface area contributed by atoms with E-state index >= 15 is 0 Å². The lowest BCUT2D eigenvalue weighted by Crippen LogP contribution is -2.51. The van der Waals surface area contributed by atoms with Crippen molar-refractivity contribution in [1.82, 2.24) is 0 Å². The highest BCUT2D eigenvalue weighted by molar-refractivity contribution is 6.11. The Morgan fingerprint density at radius 2 is 1.76 bits per heavy atom. The topological polar surface area (TPSA) is 40.6 Å². The summed E-state index contributed by atoms with van der Waals surface area (Å²) in [5.41, 5.74) is 1.57. The standard InChI is InChI=1S/C17H24N2O2/c1-12(2)19-14-9-7-6-8-13(14)18(11-16(19)21)15(20)10-17(3,4)5/h6-9,12H,10-11H2,1-5H3. The summed E-state index contributed by atoms with van der Waals surface area (Å²) in [6, 6.07) is 7.71. The molecule has 1 heterocycles. The van der Waals surface area contributed by atoms with E-state index in [4.69, 9.17) is 0 Å². The summed E-state index contributed by atoms with van der Waals surface area (Å²) in [7, 11) is 0. The van der Waals surface area contributed by atoms with Crippen molar-refractivity contribution in [3.8, 4) is 0 Å². The summed E-state index contributed by atoms with van der Waals surface area (Å²) in [6.07, 6.45) is 0.427. The molecule has 1 aromatic carbocycles. The monoisotopic (exact) mass is 288 g/mol. The molecule has 0 atom stereocenters. The Kier molecular flexibility index (Phi) is 4.08. The molecule has 0 unspecified atom stereocenters. The minimum absolute atomic E-state index is 0.00621. The largest absolute Gasteiger partial charge is 0.306 e. The van der Waals surface area contributed by atoms with Crippen LogP contribution in [-0.2, 0) is 9.59 Å². The first-order chi connectivity index (χ1) is 9.70. The van der Waals surface area contributed by atoms with Gasteiger partial charge in [-0.15, -0.1) is 0 Å². The zero-order valence-corrected chi connectivity index (χ0v) is 13.5. The van der Waals surface area contributed by atoms with E-state index in [9.17, 15) is 9.59 Å². The SMILES string of the molecule is CC(C)N1C(=O)CN(C(=O)CC(C)(C)C)c2ccccc21. The zero-order valence-electron chi connectivity index (χ0n) is 13.5. The van der Waals surface area contributed by atoms with Gasteiger partial charge in [0, 0.05) is 12.5 Å². The maximum Gasteiger partial charge on any atom is 0.247 e. The molecule has 2 amide bonds. The van der Waals surface area contributed by atoms with Crippen LogP contribution in [0.25, 0.3) is 0 Å². The number of anilines is 2. The van der Waals surface area contributed by atoms with Gasteiger partial charge in [-0.25, -0.2) is 0 Å². The van der Waals surface area contributed by atoms with Gasteiger partial charge in [-0.3, -0.25) is 9.59 Å². The van der Waals surface area contributed by atoms with Crippen LogP contribution in [0.3, 0.4) is 0 Å². The third-order valence-corrected chi connectivity index (χ3v) is 3.49. The molecule has 0 radical (unpaired) electrons. The van der Waals surface area contributed by atoms with Crippen LogP contribution in [0, 0.1) is 5.41 Å². The maximum atomic E-state index is 12.6. The lowest BCUT2D eigenvalue weighted by molar-refractivity contribution is -0.124. The van der Waals surface area contributed by atoms with Crippen molar-refractivity contribution in [2.75, 3.05) is 16.3 Å². The summed E-state index contributed by atoms with van der Waals surface area (Å²) in [5.74, 6) is -0.0161. The first-order valence-corrected chi connectivity index (χ1v) is 7.42. The summed E-state index contributed by atoms with van der Waals surface area (Å²) in [6.45, 7) is 10.2. The molecular weight excluding hydrogens is 264 g/mol. The Balaban J connectivity index is 2.40. The number of para-hydroxylation sites is 2. The van der Waals surface area contributed by atoms with Gasteiger partial charge in [0.1, 0.15) is 6.54 Å². The number of benzene rings is 1. The van der Waals surface area contributed by atoms with Gasteiger partial charge in [-0.05, 0) is 31.4 Å². The molecule has 0 saturated carbocycles. The van der Waals surface area contributed by atoms with Gasteiger partial charge in [-0.2, -0.15) is 0 Å². The molecule has 0 bridgehead atoms. The summed E-state index contributed by atoms with van der Waals surface area (Å²) in [5, 5.41) is 0. The van der Waals surface area contributed by atoms with Gasteiger partial charge in [0.15, 0.2) is 0 Å². The number of rotatable bonds is 2. The Labute approximate surface area is 126 Å². The molecule has 1 aliphatic heterocycles. The van der Waals surface area contributed by atoms with E-state index in [1.165, 1.54) is 0 Å². The molecule has 114 valence electrons. The quantitative estimate of drug-likeness (QED) is 0.838. The molecule has 1 aromatic rings. The molecule has 0 aliphatic carbocycles. The fourth-order valence-electron chi connectivity index (χ4n) is 2.66. The van der Waals surface area contributed by atoms with Crippen molar-refractivity contribution in [2.24, 2.45) is 5.41 Å². The van der Waals surface area contributed by atoms with E-state index in [-0.39, 0.29) is 29.8 Å².